The third-order valence-corrected chi connectivity index (χ3v) is 6.23. The first-order chi connectivity index (χ1) is 16.7. The second kappa shape index (κ2) is 9.72. The highest BCUT2D eigenvalue weighted by Gasteiger charge is 2.33. The fourth-order valence-electron chi connectivity index (χ4n) is 4.60. The highest BCUT2D eigenvalue weighted by atomic mass is 19.1. The predicted octanol–water partition coefficient (Wildman–Crippen LogP) is 4.37. The van der Waals surface area contributed by atoms with Gasteiger partial charge in [-0.1, -0.05) is 12.5 Å². The van der Waals surface area contributed by atoms with Gasteiger partial charge >= 0.3 is 0 Å². The minimum absolute atomic E-state index is 0.0745. The molecule has 0 radical (unpaired) electrons. The number of fused-ring (bicyclic) bond motifs is 3. The highest BCUT2D eigenvalue weighted by Crippen LogP contribution is 2.44. The topological polar surface area (TPSA) is 97.5 Å². The number of hydrogen-bond acceptors (Lipinski definition) is 6. The molecule has 34 heavy (non-hydrogen) atoms. The van der Waals surface area contributed by atoms with Crippen LogP contribution in [0.15, 0.2) is 36.7 Å². The minimum atomic E-state index is -0.493. The summed E-state index contributed by atoms with van der Waals surface area (Å²) in [4.78, 5) is 20.8. The fraction of sp³-hybridized carbons (Fsp3) is 0.360. The van der Waals surface area contributed by atoms with Crippen molar-refractivity contribution in [1.29, 1.82) is 0 Å². The van der Waals surface area contributed by atoms with Crippen molar-refractivity contribution in [1.82, 2.24) is 15.3 Å². The Morgan fingerprint density at radius 3 is 3.00 bits per heavy atom. The van der Waals surface area contributed by atoms with Crippen molar-refractivity contribution in [2.24, 2.45) is 0 Å². The number of aromatic amines is 1. The van der Waals surface area contributed by atoms with Gasteiger partial charge in [0, 0.05) is 36.5 Å². The molecule has 1 amide bonds. The van der Waals surface area contributed by atoms with Crippen LogP contribution < -0.4 is 20.1 Å². The van der Waals surface area contributed by atoms with Crippen LogP contribution in [-0.4, -0.2) is 49.4 Å². The van der Waals surface area contributed by atoms with Crippen molar-refractivity contribution in [3.8, 4) is 22.8 Å². The van der Waals surface area contributed by atoms with E-state index in [1.165, 1.54) is 13.2 Å². The van der Waals surface area contributed by atoms with E-state index in [1.54, 1.807) is 24.5 Å². The summed E-state index contributed by atoms with van der Waals surface area (Å²) in [5.74, 6) is 0.0758. The summed E-state index contributed by atoms with van der Waals surface area (Å²) in [5.41, 5.74) is 3.76. The molecule has 4 heterocycles. The van der Waals surface area contributed by atoms with E-state index in [2.05, 4.69) is 20.6 Å². The van der Waals surface area contributed by atoms with Gasteiger partial charge in [0.1, 0.15) is 12.4 Å². The molecule has 5 rings (SSSR count). The van der Waals surface area contributed by atoms with E-state index in [9.17, 15) is 9.18 Å². The van der Waals surface area contributed by atoms with Crippen LogP contribution in [-0.2, 0) is 4.74 Å². The summed E-state index contributed by atoms with van der Waals surface area (Å²) >= 11 is 0. The predicted molar refractivity (Wildman–Crippen MR) is 125 cm³/mol. The first kappa shape index (κ1) is 22.2. The van der Waals surface area contributed by atoms with Crippen LogP contribution in [0.1, 0.15) is 41.2 Å². The molecule has 0 saturated heterocycles. The number of aromatic nitrogens is 2. The van der Waals surface area contributed by atoms with Crippen LogP contribution in [0.2, 0.25) is 0 Å². The van der Waals surface area contributed by atoms with Gasteiger partial charge in [-0.05, 0) is 31.0 Å². The summed E-state index contributed by atoms with van der Waals surface area (Å²) in [6.45, 7) is 2.07. The maximum atomic E-state index is 14.4. The van der Waals surface area contributed by atoms with Crippen molar-refractivity contribution in [3.05, 3.63) is 53.7 Å². The molecule has 0 unspecified atom stereocenters. The lowest BCUT2D eigenvalue weighted by Gasteiger charge is -2.24. The summed E-state index contributed by atoms with van der Waals surface area (Å²) in [7, 11) is 1.41. The Kier molecular flexibility index (Phi) is 6.35. The standard InChI is InChI=1S/C25H27FN4O4/c1-32-24-17(26)6-4-7-18(24)29-23-20-21-15(13-28-25(20)31)5-2-3-10-33-11-12-34-19-14-27-9-8-16(19)22(23)30-21/h4,6-9,14-15,29-30H,2-3,5,10-13H2,1H3,(H,28,31)/t15-/m0/s1. The molecule has 2 aliphatic rings. The number of nitrogens with one attached hydrogen (secondary N) is 3. The van der Waals surface area contributed by atoms with E-state index in [1.807, 2.05) is 6.07 Å². The molecule has 3 N–H and O–H groups in total. The summed E-state index contributed by atoms with van der Waals surface area (Å²) in [6, 6.07) is 6.48. The molecule has 0 spiro atoms. The number of rotatable bonds is 3. The van der Waals surface area contributed by atoms with Crippen LogP contribution in [0.25, 0.3) is 11.3 Å². The summed E-state index contributed by atoms with van der Waals surface area (Å²) < 4.78 is 31.4. The van der Waals surface area contributed by atoms with Gasteiger partial charge in [-0.25, -0.2) is 4.39 Å². The number of pyridine rings is 1. The van der Waals surface area contributed by atoms with Crippen molar-refractivity contribution in [2.45, 2.75) is 25.2 Å². The molecule has 1 aromatic carbocycles. The molecule has 0 fully saturated rings. The van der Waals surface area contributed by atoms with E-state index in [-0.39, 0.29) is 17.6 Å². The van der Waals surface area contributed by atoms with E-state index >= 15 is 0 Å². The van der Waals surface area contributed by atoms with Crippen molar-refractivity contribution in [2.75, 3.05) is 38.8 Å². The normalized spacial score (nSPS) is 18.2. The highest BCUT2D eigenvalue weighted by molar-refractivity contribution is 6.07. The Labute approximate surface area is 196 Å². The molecule has 2 aromatic heterocycles. The number of carbonyl (C=O) groups excluding carboxylic acids is 1. The lowest BCUT2D eigenvalue weighted by Crippen LogP contribution is -2.35. The maximum absolute atomic E-state index is 14.4. The zero-order chi connectivity index (χ0) is 23.5. The second-order valence-corrected chi connectivity index (χ2v) is 8.34. The van der Waals surface area contributed by atoms with Gasteiger partial charge in [0.2, 0.25) is 0 Å². The Balaban J connectivity index is 1.69. The van der Waals surface area contributed by atoms with E-state index < -0.39 is 5.82 Å². The van der Waals surface area contributed by atoms with Crippen LogP contribution in [0.4, 0.5) is 15.8 Å². The average molecular weight is 467 g/mol. The number of anilines is 2. The van der Waals surface area contributed by atoms with Gasteiger partial charge in [0.25, 0.3) is 5.91 Å². The Bertz CT molecular complexity index is 1200. The van der Waals surface area contributed by atoms with Gasteiger partial charge in [0.15, 0.2) is 11.6 Å². The van der Waals surface area contributed by atoms with Crippen LogP contribution in [0.5, 0.6) is 11.5 Å². The van der Waals surface area contributed by atoms with Crippen molar-refractivity contribution in [3.63, 3.8) is 0 Å². The van der Waals surface area contributed by atoms with Gasteiger partial charge in [-0.3, -0.25) is 9.78 Å². The van der Waals surface area contributed by atoms with Gasteiger partial charge in [-0.2, -0.15) is 0 Å². The molecule has 8 nitrogen and oxygen atoms in total. The Hall–Kier alpha value is -3.59. The summed E-state index contributed by atoms with van der Waals surface area (Å²) in [5, 5.41) is 6.31. The fourth-order valence-corrected chi connectivity index (χ4v) is 4.60. The molecule has 9 heteroatoms. The largest absolute Gasteiger partial charge is 0.492 e. The number of hydrogen-bond donors (Lipinski definition) is 3. The van der Waals surface area contributed by atoms with Crippen molar-refractivity contribution < 1.29 is 23.4 Å². The summed E-state index contributed by atoms with van der Waals surface area (Å²) in [6.07, 6.45) is 6.11. The van der Waals surface area contributed by atoms with Gasteiger partial charge in [-0.15, -0.1) is 0 Å². The number of benzene rings is 1. The van der Waals surface area contributed by atoms with Gasteiger partial charge in [0.05, 0.1) is 42.5 Å². The molecular formula is C25H27FN4O4. The monoisotopic (exact) mass is 466 g/mol. The molecule has 178 valence electrons. The first-order valence-electron chi connectivity index (χ1n) is 11.5. The maximum Gasteiger partial charge on any atom is 0.255 e. The van der Waals surface area contributed by atoms with Crippen molar-refractivity contribution >= 4 is 17.3 Å². The van der Waals surface area contributed by atoms with E-state index in [0.717, 1.165) is 30.5 Å². The Morgan fingerprint density at radius 2 is 2.12 bits per heavy atom. The SMILES string of the molecule is COc1c(F)cccc1Nc1c2[nH]c3c1C(=O)NC[C@@H]3CCCCOCCOc1cnccc1-2. The molecule has 2 bridgehead atoms. The number of ether oxygens (including phenoxy) is 3. The Morgan fingerprint density at radius 1 is 1.21 bits per heavy atom. The third kappa shape index (κ3) is 4.19. The van der Waals surface area contributed by atoms with E-state index in [0.29, 0.717) is 54.7 Å². The quantitative estimate of drug-likeness (QED) is 0.530. The molecule has 1 atom stereocenters. The zero-order valence-corrected chi connectivity index (χ0v) is 18.9. The molecule has 3 aromatic rings. The van der Waals surface area contributed by atoms with E-state index in [4.69, 9.17) is 14.2 Å². The lowest BCUT2D eigenvalue weighted by molar-refractivity contribution is 0.0931. The number of halogens is 1. The average Bonchev–Trinajstić information content (AvgIpc) is 3.22. The first-order valence-corrected chi connectivity index (χ1v) is 11.5. The van der Waals surface area contributed by atoms with Crippen LogP contribution in [0, 0.1) is 5.82 Å². The van der Waals surface area contributed by atoms with Gasteiger partial charge < -0.3 is 29.8 Å². The zero-order valence-electron chi connectivity index (χ0n) is 18.9. The number of methoxy groups -OCH3 is 1. The third-order valence-electron chi connectivity index (χ3n) is 6.23. The lowest BCUT2D eigenvalue weighted by atomic mass is 9.91. The number of para-hydroxylation sites is 1. The number of nitrogens with zero attached hydrogens (tertiary/aromatic N) is 1. The van der Waals surface area contributed by atoms with Crippen LogP contribution >= 0.6 is 0 Å². The minimum Gasteiger partial charge on any atom is -0.492 e. The number of carbonyl (C=O) groups is 1. The number of amides is 1. The smallest absolute Gasteiger partial charge is 0.255 e. The molecular weight excluding hydrogens is 439 g/mol. The molecule has 0 aliphatic carbocycles. The van der Waals surface area contributed by atoms with Crippen LogP contribution in [0.3, 0.4) is 0 Å². The number of H-pyrrole nitrogens is 1. The second-order valence-electron chi connectivity index (χ2n) is 8.34. The molecule has 0 saturated carbocycles. The molecule has 2 aliphatic heterocycles.